The average molecular weight is 178 g/mol. The number of ketones is 1. The third-order valence-corrected chi connectivity index (χ3v) is 4.73. The van der Waals surface area contributed by atoms with Gasteiger partial charge in [0, 0.05) is 11.8 Å². The smallest absolute Gasteiger partial charge is 0.139 e. The Labute approximate surface area is 79.9 Å². The standard InChI is InChI=1S/C12H18O/c1-7-10-3-8-2-9(4-10)6-11(5-8)12(7)13/h7-11H,2-6H2,1H3/t7?,8-,9+,10?,11?. The van der Waals surface area contributed by atoms with Gasteiger partial charge in [-0.3, -0.25) is 4.79 Å². The van der Waals surface area contributed by atoms with E-state index in [1.54, 1.807) is 0 Å². The lowest BCUT2D eigenvalue weighted by Crippen LogP contribution is -2.28. The summed E-state index contributed by atoms with van der Waals surface area (Å²) in [5.74, 6) is 4.04. The fourth-order valence-electron chi connectivity index (χ4n) is 4.15. The lowest BCUT2D eigenvalue weighted by molar-refractivity contribution is -0.127. The molecule has 4 fully saturated rings. The highest BCUT2D eigenvalue weighted by Crippen LogP contribution is 2.51. The van der Waals surface area contributed by atoms with Crippen LogP contribution in [0.3, 0.4) is 0 Å². The van der Waals surface area contributed by atoms with E-state index < -0.39 is 0 Å². The van der Waals surface area contributed by atoms with Crippen LogP contribution in [0.15, 0.2) is 0 Å². The molecule has 4 bridgehead atoms. The highest BCUT2D eigenvalue weighted by Gasteiger charge is 2.46. The van der Waals surface area contributed by atoms with Crippen molar-refractivity contribution < 1.29 is 4.79 Å². The maximum absolute atomic E-state index is 12.0. The molecular weight excluding hydrogens is 160 g/mol. The van der Waals surface area contributed by atoms with Crippen LogP contribution in [0.4, 0.5) is 0 Å². The summed E-state index contributed by atoms with van der Waals surface area (Å²) < 4.78 is 0. The summed E-state index contributed by atoms with van der Waals surface area (Å²) >= 11 is 0. The summed E-state index contributed by atoms with van der Waals surface area (Å²) in [5.41, 5.74) is 0. The molecule has 0 saturated heterocycles. The molecule has 1 nitrogen and oxygen atoms in total. The van der Waals surface area contributed by atoms with Crippen molar-refractivity contribution in [1.29, 1.82) is 0 Å². The first-order valence-corrected chi connectivity index (χ1v) is 5.77. The zero-order chi connectivity index (χ0) is 9.00. The zero-order valence-corrected chi connectivity index (χ0v) is 8.33. The van der Waals surface area contributed by atoms with Crippen molar-refractivity contribution in [2.45, 2.75) is 39.0 Å². The van der Waals surface area contributed by atoms with E-state index in [1.807, 2.05) is 0 Å². The molecule has 0 aromatic heterocycles. The van der Waals surface area contributed by atoms with E-state index in [1.165, 1.54) is 32.1 Å². The van der Waals surface area contributed by atoms with Gasteiger partial charge in [0.25, 0.3) is 0 Å². The van der Waals surface area contributed by atoms with Crippen LogP contribution in [0.5, 0.6) is 0 Å². The highest BCUT2D eigenvalue weighted by molar-refractivity contribution is 5.84. The van der Waals surface area contributed by atoms with Crippen molar-refractivity contribution in [3.05, 3.63) is 0 Å². The zero-order valence-electron chi connectivity index (χ0n) is 8.33. The summed E-state index contributed by atoms with van der Waals surface area (Å²) in [6.07, 6.45) is 6.62. The number of Topliss-reactive ketones (excluding diaryl/α,β-unsaturated/α-hetero) is 1. The topological polar surface area (TPSA) is 17.1 Å². The van der Waals surface area contributed by atoms with Crippen LogP contribution in [0.1, 0.15) is 39.0 Å². The number of fused-ring (bicyclic) bond motifs is 1. The number of carbonyl (C=O) groups excluding carboxylic acids is 1. The van der Waals surface area contributed by atoms with Gasteiger partial charge in [0.15, 0.2) is 0 Å². The Morgan fingerprint density at radius 2 is 1.62 bits per heavy atom. The Bertz CT molecular complexity index is 232. The van der Waals surface area contributed by atoms with Crippen molar-refractivity contribution >= 4 is 5.78 Å². The van der Waals surface area contributed by atoms with Gasteiger partial charge in [-0.2, -0.15) is 0 Å². The van der Waals surface area contributed by atoms with Gasteiger partial charge in [-0.05, 0) is 49.9 Å². The second-order valence-electron chi connectivity index (χ2n) is 5.56. The van der Waals surface area contributed by atoms with Crippen LogP contribution in [-0.2, 0) is 4.79 Å². The minimum Gasteiger partial charge on any atom is -0.299 e. The van der Waals surface area contributed by atoms with Crippen LogP contribution in [-0.4, -0.2) is 5.78 Å². The molecule has 0 aliphatic heterocycles. The lowest BCUT2D eigenvalue weighted by Gasteiger charge is -2.38. The molecule has 4 aliphatic rings. The van der Waals surface area contributed by atoms with Crippen LogP contribution in [0.2, 0.25) is 0 Å². The van der Waals surface area contributed by atoms with Gasteiger partial charge in [0.1, 0.15) is 5.78 Å². The predicted molar refractivity (Wildman–Crippen MR) is 51.2 cm³/mol. The second kappa shape index (κ2) is 2.59. The molecule has 0 aromatic carbocycles. The molecule has 3 unspecified atom stereocenters. The van der Waals surface area contributed by atoms with E-state index in [-0.39, 0.29) is 0 Å². The van der Waals surface area contributed by atoms with E-state index in [4.69, 9.17) is 0 Å². The van der Waals surface area contributed by atoms with Gasteiger partial charge in [0.2, 0.25) is 0 Å². The molecule has 5 atom stereocenters. The normalized spacial score (nSPS) is 53.9. The van der Waals surface area contributed by atoms with Gasteiger partial charge in [-0.1, -0.05) is 6.92 Å². The molecule has 1 heteroatoms. The first-order valence-electron chi connectivity index (χ1n) is 5.77. The summed E-state index contributed by atoms with van der Waals surface area (Å²) in [4.78, 5) is 12.0. The van der Waals surface area contributed by atoms with Gasteiger partial charge in [-0.15, -0.1) is 0 Å². The molecule has 0 heterocycles. The van der Waals surface area contributed by atoms with Crippen molar-refractivity contribution in [3.63, 3.8) is 0 Å². The van der Waals surface area contributed by atoms with Crippen molar-refractivity contribution in [3.8, 4) is 0 Å². The molecule has 4 rings (SSSR count). The van der Waals surface area contributed by atoms with Crippen LogP contribution in [0.25, 0.3) is 0 Å². The maximum Gasteiger partial charge on any atom is 0.139 e. The number of carbonyl (C=O) groups is 1. The molecule has 0 aromatic rings. The lowest BCUT2D eigenvalue weighted by atomic mass is 9.67. The van der Waals surface area contributed by atoms with Crippen LogP contribution in [0, 0.1) is 29.6 Å². The van der Waals surface area contributed by atoms with Crippen LogP contribution < -0.4 is 0 Å². The summed E-state index contributed by atoms with van der Waals surface area (Å²) in [6.45, 7) is 2.18. The van der Waals surface area contributed by atoms with E-state index in [0.717, 1.165) is 17.8 Å². The average Bonchev–Trinajstić information content (AvgIpc) is 2.23. The molecule has 0 spiro atoms. The molecule has 4 saturated carbocycles. The number of hydrogen-bond acceptors (Lipinski definition) is 1. The summed E-state index contributed by atoms with van der Waals surface area (Å²) in [5, 5.41) is 0. The predicted octanol–water partition coefficient (Wildman–Crippen LogP) is 2.65. The number of rotatable bonds is 0. The van der Waals surface area contributed by atoms with Crippen molar-refractivity contribution in [2.75, 3.05) is 0 Å². The molecule has 4 aliphatic carbocycles. The molecular formula is C12H18O. The SMILES string of the molecule is CC1C(=O)C2C[C@@H]3CC1C[C@H](C2)C3. The quantitative estimate of drug-likeness (QED) is 0.557. The Balaban J connectivity index is 1.98. The highest BCUT2D eigenvalue weighted by atomic mass is 16.1. The molecule has 0 radical (unpaired) electrons. The van der Waals surface area contributed by atoms with Crippen molar-refractivity contribution in [1.82, 2.24) is 0 Å². The largest absolute Gasteiger partial charge is 0.299 e. The van der Waals surface area contributed by atoms with Gasteiger partial charge >= 0.3 is 0 Å². The van der Waals surface area contributed by atoms with E-state index >= 15 is 0 Å². The molecule has 72 valence electrons. The van der Waals surface area contributed by atoms with E-state index in [0.29, 0.717) is 17.6 Å². The third kappa shape index (κ3) is 1.09. The van der Waals surface area contributed by atoms with Gasteiger partial charge < -0.3 is 0 Å². The molecule has 0 N–H and O–H groups in total. The Hall–Kier alpha value is -0.330. The second-order valence-corrected chi connectivity index (χ2v) is 5.56. The Morgan fingerprint density at radius 3 is 2.23 bits per heavy atom. The monoisotopic (exact) mass is 178 g/mol. The Kier molecular flexibility index (Phi) is 1.59. The third-order valence-electron chi connectivity index (χ3n) is 4.73. The Morgan fingerprint density at radius 1 is 1.00 bits per heavy atom. The minimum atomic E-state index is 0.389. The fraction of sp³-hybridized carbons (Fsp3) is 0.917. The first-order chi connectivity index (χ1) is 6.24. The fourth-order valence-corrected chi connectivity index (χ4v) is 4.15. The summed E-state index contributed by atoms with van der Waals surface area (Å²) in [6, 6.07) is 0. The van der Waals surface area contributed by atoms with Crippen molar-refractivity contribution in [2.24, 2.45) is 29.6 Å². The first kappa shape index (κ1) is 8.02. The summed E-state index contributed by atoms with van der Waals surface area (Å²) in [7, 11) is 0. The van der Waals surface area contributed by atoms with Gasteiger partial charge in [0.05, 0.1) is 0 Å². The van der Waals surface area contributed by atoms with Gasteiger partial charge in [-0.25, -0.2) is 0 Å². The minimum absolute atomic E-state index is 0.389. The maximum atomic E-state index is 12.0. The molecule has 13 heavy (non-hydrogen) atoms. The number of hydrogen-bond donors (Lipinski definition) is 0. The van der Waals surface area contributed by atoms with Crippen LogP contribution >= 0.6 is 0 Å². The van der Waals surface area contributed by atoms with E-state index in [9.17, 15) is 4.79 Å². The molecule has 0 amide bonds. The van der Waals surface area contributed by atoms with E-state index in [2.05, 4.69) is 6.92 Å².